The molecule has 1 aromatic carbocycles. The maximum absolute atomic E-state index is 11.9. The molecule has 26 heavy (non-hydrogen) atoms. The van der Waals surface area contributed by atoms with Crippen LogP contribution in [0.5, 0.6) is 0 Å². The van der Waals surface area contributed by atoms with E-state index in [4.69, 9.17) is 4.74 Å². The summed E-state index contributed by atoms with van der Waals surface area (Å²) in [6.45, 7) is 0.180. The van der Waals surface area contributed by atoms with Crippen molar-refractivity contribution in [3.63, 3.8) is 0 Å². The van der Waals surface area contributed by atoms with Crippen molar-refractivity contribution in [2.75, 3.05) is 23.4 Å². The van der Waals surface area contributed by atoms with Crippen LogP contribution in [0.15, 0.2) is 48.7 Å². The number of pyridine rings is 1. The van der Waals surface area contributed by atoms with Crippen molar-refractivity contribution >= 4 is 29.2 Å². The number of rotatable bonds is 5. The zero-order chi connectivity index (χ0) is 18.5. The average molecular weight is 355 g/mol. The fourth-order valence-electron chi connectivity index (χ4n) is 2.63. The summed E-state index contributed by atoms with van der Waals surface area (Å²) in [5, 5.41) is 14.0. The summed E-state index contributed by atoms with van der Waals surface area (Å²) in [5.41, 5.74) is 1.10. The van der Waals surface area contributed by atoms with Gasteiger partial charge in [-0.3, -0.25) is 9.59 Å². The second kappa shape index (κ2) is 7.64. The van der Waals surface area contributed by atoms with Crippen LogP contribution in [0.4, 0.5) is 11.4 Å². The van der Waals surface area contributed by atoms with E-state index in [2.05, 4.69) is 5.32 Å². The zero-order valence-electron chi connectivity index (χ0n) is 13.9. The fraction of sp³-hybridized carbons (Fsp3) is 0.222. The number of ether oxygens (including phenoxy) is 1. The Morgan fingerprint density at radius 2 is 1.96 bits per heavy atom. The number of esters is 1. The molecule has 1 aromatic heterocycles. The third-order valence-electron chi connectivity index (χ3n) is 3.90. The van der Waals surface area contributed by atoms with Crippen molar-refractivity contribution in [1.82, 2.24) is 0 Å². The van der Waals surface area contributed by atoms with E-state index in [0.717, 1.165) is 12.1 Å². The van der Waals surface area contributed by atoms with Gasteiger partial charge < -0.3 is 20.2 Å². The fourth-order valence-corrected chi connectivity index (χ4v) is 2.63. The number of carbonyl (C=O) groups excluding carboxylic acids is 3. The lowest BCUT2D eigenvalue weighted by Gasteiger charge is -2.16. The predicted molar refractivity (Wildman–Crippen MR) is 92.3 cm³/mol. The van der Waals surface area contributed by atoms with Crippen LogP contribution in [-0.2, 0) is 14.3 Å². The van der Waals surface area contributed by atoms with E-state index in [9.17, 15) is 19.6 Å². The molecule has 8 heteroatoms. The highest BCUT2D eigenvalue weighted by atomic mass is 16.5. The van der Waals surface area contributed by atoms with E-state index in [1.165, 1.54) is 24.4 Å². The Kier molecular flexibility index (Phi) is 5.12. The Bertz CT molecular complexity index is 835. The highest BCUT2D eigenvalue weighted by molar-refractivity contribution is 5.97. The van der Waals surface area contributed by atoms with Crippen LogP contribution in [0.2, 0.25) is 0 Å². The number of hydrogen-bond donors (Lipinski definition) is 1. The Balaban J connectivity index is 1.52. The first-order valence-corrected chi connectivity index (χ1v) is 8.10. The first kappa shape index (κ1) is 17.4. The van der Waals surface area contributed by atoms with E-state index in [0.29, 0.717) is 23.4 Å². The first-order valence-electron chi connectivity index (χ1n) is 8.10. The molecule has 1 fully saturated rings. The molecule has 0 radical (unpaired) electrons. The molecule has 0 spiro atoms. The van der Waals surface area contributed by atoms with Gasteiger partial charge in [0.25, 0.3) is 5.91 Å². The average Bonchev–Trinajstić information content (AvgIpc) is 3.07. The lowest BCUT2D eigenvalue weighted by molar-refractivity contribution is -0.608. The lowest BCUT2D eigenvalue weighted by atomic mass is 10.2. The first-order chi connectivity index (χ1) is 12.5. The van der Waals surface area contributed by atoms with Crippen molar-refractivity contribution in [3.8, 4) is 0 Å². The van der Waals surface area contributed by atoms with Gasteiger partial charge in [0.1, 0.15) is 0 Å². The molecule has 0 bridgehead atoms. The van der Waals surface area contributed by atoms with Crippen LogP contribution in [0.1, 0.15) is 23.3 Å². The molecular formula is C18H17N3O5. The van der Waals surface area contributed by atoms with Gasteiger partial charge in [-0.25, -0.2) is 4.79 Å². The number of amides is 2. The summed E-state index contributed by atoms with van der Waals surface area (Å²) in [6.07, 6.45) is 2.56. The molecule has 1 N–H and O–H groups in total. The number of nitrogens with one attached hydrogen (secondary N) is 1. The Labute approximate surface area is 149 Å². The van der Waals surface area contributed by atoms with E-state index in [-0.39, 0.29) is 11.6 Å². The summed E-state index contributed by atoms with van der Waals surface area (Å²) in [5.74, 6) is -1.32. The number of aromatic nitrogens is 1. The topological polar surface area (TPSA) is 103 Å². The number of hydrogen-bond acceptors (Lipinski definition) is 5. The Morgan fingerprint density at radius 1 is 1.19 bits per heavy atom. The maximum Gasteiger partial charge on any atom is 0.405 e. The molecule has 134 valence electrons. The Hall–Kier alpha value is -3.42. The molecule has 3 rings (SSSR count). The zero-order valence-corrected chi connectivity index (χ0v) is 13.9. The van der Waals surface area contributed by atoms with Crippen LogP contribution < -0.4 is 14.9 Å². The smallest absolute Gasteiger partial charge is 0.405 e. The molecule has 2 heterocycles. The number of nitrogens with zero attached hydrogens (tertiary/aromatic N) is 2. The summed E-state index contributed by atoms with van der Waals surface area (Å²) in [4.78, 5) is 37.1. The SMILES string of the molecule is O=C(COC(=O)c1cccc[n+]1[O-])Nc1ccc(N2CCCC2=O)cc1. The van der Waals surface area contributed by atoms with Crippen molar-refractivity contribution in [2.24, 2.45) is 0 Å². The molecular weight excluding hydrogens is 338 g/mol. The van der Waals surface area contributed by atoms with Gasteiger partial charge in [0.05, 0.1) is 0 Å². The third-order valence-corrected chi connectivity index (χ3v) is 3.90. The molecule has 1 saturated heterocycles. The quantitative estimate of drug-likeness (QED) is 0.494. The second-order valence-electron chi connectivity index (χ2n) is 5.73. The molecule has 1 aliphatic heterocycles. The summed E-state index contributed by atoms with van der Waals surface area (Å²) in [7, 11) is 0. The van der Waals surface area contributed by atoms with E-state index < -0.39 is 18.5 Å². The van der Waals surface area contributed by atoms with Gasteiger partial charge in [-0.1, -0.05) is 0 Å². The van der Waals surface area contributed by atoms with Crippen LogP contribution in [0.3, 0.4) is 0 Å². The number of anilines is 2. The lowest BCUT2D eigenvalue weighted by Crippen LogP contribution is -2.35. The van der Waals surface area contributed by atoms with Gasteiger partial charge in [0.2, 0.25) is 5.91 Å². The van der Waals surface area contributed by atoms with Gasteiger partial charge in [-0.2, -0.15) is 4.73 Å². The minimum absolute atomic E-state index is 0.0882. The van der Waals surface area contributed by atoms with Crippen LogP contribution in [-0.4, -0.2) is 30.9 Å². The molecule has 2 amide bonds. The number of carbonyl (C=O) groups is 3. The monoisotopic (exact) mass is 355 g/mol. The van der Waals surface area contributed by atoms with E-state index >= 15 is 0 Å². The van der Waals surface area contributed by atoms with E-state index in [1.54, 1.807) is 29.2 Å². The summed E-state index contributed by atoms with van der Waals surface area (Å²) in [6, 6.07) is 11.1. The normalized spacial score (nSPS) is 13.5. The van der Waals surface area contributed by atoms with Crippen molar-refractivity contribution in [2.45, 2.75) is 12.8 Å². The van der Waals surface area contributed by atoms with E-state index in [1.807, 2.05) is 0 Å². The maximum atomic E-state index is 11.9. The molecule has 0 unspecified atom stereocenters. The van der Waals surface area contributed by atoms with Crippen molar-refractivity contribution in [1.29, 1.82) is 0 Å². The van der Waals surface area contributed by atoms with Gasteiger partial charge in [0.15, 0.2) is 12.8 Å². The van der Waals surface area contributed by atoms with Crippen LogP contribution in [0, 0.1) is 5.21 Å². The largest absolute Gasteiger partial charge is 0.618 e. The van der Waals surface area contributed by atoms with Crippen LogP contribution in [0.25, 0.3) is 0 Å². The highest BCUT2D eigenvalue weighted by Crippen LogP contribution is 2.22. The number of benzene rings is 1. The Morgan fingerprint density at radius 3 is 2.62 bits per heavy atom. The van der Waals surface area contributed by atoms with Gasteiger partial charge in [0, 0.05) is 36.5 Å². The van der Waals surface area contributed by atoms with Gasteiger partial charge in [-0.05, 0) is 36.8 Å². The van der Waals surface area contributed by atoms with Crippen molar-refractivity contribution in [3.05, 3.63) is 59.6 Å². The standard InChI is InChI=1S/C18H17N3O5/c22-16(12-26-18(24)15-4-1-2-11-21(15)25)19-13-6-8-14(9-7-13)20-10-3-5-17(20)23/h1-2,4,6-9,11H,3,5,10,12H2,(H,19,22). The van der Waals surface area contributed by atoms with Gasteiger partial charge in [-0.15, -0.1) is 0 Å². The predicted octanol–water partition coefficient (Wildman–Crippen LogP) is 1.24. The molecule has 8 nitrogen and oxygen atoms in total. The molecule has 1 aliphatic rings. The summed E-state index contributed by atoms with van der Waals surface area (Å²) < 4.78 is 5.21. The van der Waals surface area contributed by atoms with Gasteiger partial charge >= 0.3 is 11.7 Å². The minimum Gasteiger partial charge on any atom is -0.618 e. The van der Waals surface area contributed by atoms with Crippen molar-refractivity contribution < 1.29 is 23.9 Å². The summed E-state index contributed by atoms with van der Waals surface area (Å²) >= 11 is 0. The highest BCUT2D eigenvalue weighted by Gasteiger charge is 2.21. The second-order valence-corrected chi connectivity index (χ2v) is 5.73. The molecule has 0 atom stereocenters. The van der Waals surface area contributed by atoms with Crippen LogP contribution >= 0.6 is 0 Å². The molecule has 2 aromatic rings. The molecule has 0 saturated carbocycles. The molecule has 0 aliphatic carbocycles. The third kappa shape index (κ3) is 3.97. The minimum atomic E-state index is -0.876.